The van der Waals surface area contributed by atoms with E-state index in [0.717, 1.165) is 5.56 Å². The fourth-order valence-electron chi connectivity index (χ4n) is 2.78. The molecular weight excluding hydrogens is 392 g/mol. The van der Waals surface area contributed by atoms with Gasteiger partial charge in [0.15, 0.2) is 0 Å². The molecule has 1 heterocycles. The molecule has 2 amide bonds. The standard InChI is InChI=1S/C18H17ClN2O5S/c1-26-16-5-3-2-4-13(16)11-20-18(23)12-6-7-14(19)15(10-12)21-17(22)8-9-27(21,24)25/h2-7,10H,8-9,11H2,1H3,(H,20,23). The van der Waals surface area contributed by atoms with Gasteiger partial charge < -0.3 is 10.1 Å². The third-order valence-electron chi connectivity index (χ3n) is 4.14. The van der Waals surface area contributed by atoms with E-state index in [4.69, 9.17) is 16.3 Å². The molecule has 1 fully saturated rings. The maximum atomic E-state index is 12.5. The van der Waals surface area contributed by atoms with Crippen LogP contribution in [-0.4, -0.2) is 33.1 Å². The quantitative estimate of drug-likeness (QED) is 0.819. The van der Waals surface area contributed by atoms with E-state index in [2.05, 4.69) is 5.32 Å². The summed E-state index contributed by atoms with van der Waals surface area (Å²) < 4.78 is 30.2. The van der Waals surface area contributed by atoms with Crippen LogP contribution < -0.4 is 14.4 Å². The number of nitrogens with one attached hydrogen (secondary N) is 1. The lowest BCUT2D eigenvalue weighted by Gasteiger charge is -2.17. The smallest absolute Gasteiger partial charge is 0.251 e. The summed E-state index contributed by atoms with van der Waals surface area (Å²) in [7, 11) is -2.23. The molecule has 3 rings (SSSR count). The predicted molar refractivity (Wildman–Crippen MR) is 102 cm³/mol. The summed E-state index contributed by atoms with van der Waals surface area (Å²) in [6.45, 7) is 0.224. The Balaban J connectivity index is 1.83. The molecule has 0 spiro atoms. The van der Waals surface area contributed by atoms with E-state index in [1.54, 1.807) is 13.2 Å². The monoisotopic (exact) mass is 408 g/mol. The fourth-order valence-corrected chi connectivity index (χ4v) is 4.50. The van der Waals surface area contributed by atoms with Gasteiger partial charge in [0, 0.05) is 24.1 Å². The van der Waals surface area contributed by atoms with Crippen LogP contribution in [0.15, 0.2) is 42.5 Å². The van der Waals surface area contributed by atoms with Crippen LogP contribution in [-0.2, 0) is 21.4 Å². The SMILES string of the molecule is COc1ccccc1CNC(=O)c1ccc(Cl)c(N2C(=O)CCS2(=O)=O)c1. The van der Waals surface area contributed by atoms with E-state index in [1.807, 2.05) is 18.2 Å². The molecule has 0 aromatic heterocycles. The molecule has 9 heteroatoms. The Bertz CT molecular complexity index is 1010. The molecule has 0 aliphatic carbocycles. The Labute approximate surface area is 161 Å². The molecule has 0 radical (unpaired) electrons. The Morgan fingerprint density at radius 1 is 1.26 bits per heavy atom. The second-order valence-corrected chi connectivity index (χ2v) is 8.23. The highest BCUT2D eigenvalue weighted by Crippen LogP contribution is 2.32. The first kappa shape index (κ1) is 19.2. The zero-order valence-electron chi connectivity index (χ0n) is 14.4. The van der Waals surface area contributed by atoms with Crippen LogP contribution in [0, 0.1) is 0 Å². The van der Waals surface area contributed by atoms with E-state index in [0.29, 0.717) is 10.1 Å². The van der Waals surface area contributed by atoms with Gasteiger partial charge in [-0.1, -0.05) is 29.8 Å². The molecule has 0 unspecified atom stereocenters. The molecule has 142 valence electrons. The highest BCUT2D eigenvalue weighted by Gasteiger charge is 2.37. The lowest BCUT2D eigenvalue weighted by atomic mass is 10.1. The predicted octanol–water partition coefficient (Wildman–Crippen LogP) is 2.35. The summed E-state index contributed by atoms with van der Waals surface area (Å²) in [5.41, 5.74) is 0.975. The Morgan fingerprint density at radius 2 is 2.00 bits per heavy atom. The van der Waals surface area contributed by atoms with Gasteiger partial charge in [0.05, 0.1) is 23.6 Å². The van der Waals surface area contributed by atoms with Gasteiger partial charge in [0.25, 0.3) is 5.91 Å². The molecule has 1 N–H and O–H groups in total. The third kappa shape index (κ3) is 3.91. The molecule has 7 nitrogen and oxygen atoms in total. The maximum absolute atomic E-state index is 12.5. The second-order valence-electron chi connectivity index (χ2n) is 5.88. The van der Waals surface area contributed by atoms with Crippen LogP contribution in [0.4, 0.5) is 5.69 Å². The van der Waals surface area contributed by atoms with Crippen molar-refractivity contribution in [2.45, 2.75) is 13.0 Å². The molecule has 2 aromatic rings. The number of halogens is 1. The third-order valence-corrected chi connectivity index (χ3v) is 6.13. The van der Waals surface area contributed by atoms with Gasteiger partial charge >= 0.3 is 0 Å². The lowest BCUT2D eigenvalue weighted by molar-refractivity contribution is -0.116. The number of rotatable bonds is 5. The zero-order chi connectivity index (χ0) is 19.6. The summed E-state index contributed by atoms with van der Waals surface area (Å²) in [5.74, 6) is -0.624. The number of hydrogen-bond acceptors (Lipinski definition) is 5. The molecule has 27 heavy (non-hydrogen) atoms. The zero-order valence-corrected chi connectivity index (χ0v) is 16.0. The first-order valence-electron chi connectivity index (χ1n) is 8.09. The number of hydrogen-bond donors (Lipinski definition) is 1. The van der Waals surface area contributed by atoms with E-state index in [-0.39, 0.29) is 35.0 Å². The lowest BCUT2D eigenvalue weighted by Crippen LogP contribution is -2.30. The maximum Gasteiger partial charge on any atom is 0.251 e. The number of amides is 2. The van der Waals surface area contributed by atoms with Crippen molar-refractivity contribution in [3.05, 3.63) is 58.6 Å². The van der Waals surface area contributed by atoms with Crippen LogP contribution in [0.3, 0.4) is 0 Å². The number of benzene rings is 2. The molecule has 1 saturated heterocycles. The van der Waals surface area contributed by atoms with Gasteiger partial charge in [-0.25, -0.2) is 12.7 Å². The number of sulfonamides is 1. The summed E-state index contributed by atoms with van der Waals surface area (Å²) >= 11 is 6.08. The first-order valence-corrected chi connectivity index (χ1v) is 10.1. The van der Waals surface area contributed by atoms with E-state index in [1.165, 1.54) is 18.2 Å². The largest absolute Gasteiger partial charge is 0.496 e. The summed E-state index contributed by atoms with van der Waals surface area (Å²) in [6, 6.07) is 11.4. The molecular formula is C18H17ClN2O5S. The minimum Gasteiger partial charge on any atom is -0.496 e. The number of nitrogens with zero attached hydrogens (tertiary/aromatic N) is 1. The molecule has 2 aromatic carbocycles. The number of ether oxygens (including phenoxy) is 1. The van der Waals surface area contributed by atoms with Crippen molar-refractivity contribution in [3.63, 3.8) is 0 Å². The van der Waals surface area contributed by atoms with Crippen LogP contribution in [0.25, 0.3) is 0 Å². The Kier molecular flexibility index (Phi) is 5.38. The van der Waals surface area contributed by atoms with Crippen molar-refractivity contribution in [1.29, 1.82) is 0 Å². The van der Waals surface area contributed by atoms with E-state index >= 15 is 0 Å². The average Bonchev–Trinajstić information content (AvgIpc) is 2.93. The van der Waals surface area contributed by atoms with Crippen LogP contribution >= 0.6 is 11.6 Å². The number of carbonyl (C=O) groups excluding carboxylic acids is 2. The number of para-hydroxylation sites is 1. The van der Waals surface area contributed by atoms with Gasteiger partial charge in [-0.3, -0.25) is 9.59 Å². The van der Waals surface area contributed by atoms with E-state index in [9.17, 15) is 18.0 Å². The van der Waals surface area contributed by atoms with Crippen LogP contribution in [0.5, 0.6) is 5.75 Å². The Morgan fingerprint density at radius 3 is 2.67 bits per heavy atom. The molecule has 0 bridgehead atoms. The summed E-state index contributed by atoms with van der Waals surface area (Å²) in [6.07, 6.45) is -0.108. The van der Waals surface area contributed by atoms with Crippen molar-refractivity contribution < 1.29 is 22.7 Å². The summed E-state index contributed by atoms with van der Waals surface area (Å²) in [4.78, 5) is 24.5. The van der Waals surface area contributed by atoms with Crippen molar-refractivity contribution in [1.82, 2.24) is 5.32 Å². The first-order chi connectivity index (χ1) is 12.8. The topological polar surface area (TPSA) is 92.8 Å². The second kappa shape index (κ2) is 7.58. The molecule has 0 atom stereocenters. The van der Waals surface area contributed by atoms with Crippen molar-refractivity contribution in [2.24, 2.45) is 0 Å². The van der Waals surface area contributed by atoms with Crippen molar-refractivity contribution in [2.75, 3.05) is 17.2 Å². The minimum atomic E-state index is -3.77. The highest BCUT2D eigenvalue weighted by molar-refractivity contribution is 7.94. The van der Waals surface area contributed by atoms with Gasteiger partial charge in [0.1, 0.15) is 5.75 Å². The molecule has 0 saturated carbocycles. The van der Waals surface area contributed by atoms with Gasteiger partial charge in [-0.2, -0.15) is 0 Å². The summed E-state index contributed by atoms with van der Waals surface area (Å²) in [5, 5.41) is 2.82. The minimum absolute atomic E-state index is 0.0101. The molecule has 1 aliphatic heterocycles. The Hall–Kier alpha value is -2.58. The number of carbonyl (C=O) groups is 2. The van der Waals surface area contributed by atoms with E-state index < -0.39 is 21.8 Å². The van der Waals surface area contributed by atoms with Crippen molar-refractivity contribution >= 4 is 39.1 Å². The van der Waals surface area contributed by atoms with Crippen molar-refractivity contribution in [3.8, 4) is 5.75 Å². The molecule has 1 aliphatic rings. The van der Waals surface area contributed by atoms with Crippen LogP contribution in [0.2, 0.25) is 5.02 Å². The number of anilines is 1. The normalized spacial score (nSPS) is 15.6. The van der Waals surface area contributed by atoms with Crippen LogP contribution in [0.1, 0.15) is 22.3 Å². The highest BCUT2D eigenvalue weighted by atomic mass is 35.5. The van der Waals surface area contributed by atoms with Gasteiger partial charge in [-0.15, -0.1) is 0 Å². The fraction of sp³-hybridized carbons (Fsp3) is 0.222. The number of methoxy groups -OCH3 is 1. The average molecular weight is 409 g/mol. The van der Waals surface area contributed by atoms with Gasteiger partial charge in [-0.05, 0) is 24.3 Å². The van der Waals surface area contributed by atoms with Gasteiger partial charge in [0.2, 0.25) is 15.9 Å².